The molecule has 22 heavy (non-hydrogen) atoms. The Morgan fingerprint density at radius 2 is 2.05 bits per heavy atom. The number of aliphatic hydroxyl groups is 1. The molecule has 1 aliphatic carbocycles. The van der Waals surface area contributed by atoms with Gasteiger partial charge in [-0.15, -0.1) is 0 Å². The SMILES string of the molecule is CCc1ccc2c(CNC3(CO)CCCC3)cc(=O)oc2c1. The van der Waals surface area contributed by atoms with Crippen molar-refractivity contribution in [2.75, 3.05) is 6.61 Å². The van der Waals surface area contributed by atoms with Gasteiger partial charge in [0.15, 0.2) is 0 Å². The van der Waals surface area contributed by atoms with Crippen LogP contribution in [-0.4, -0.2) is 17.3 Å². The molecule has 1 heterocycles. The second-order valence-electron chi connectivity index (χ2n) is 6.27. The lowest BCUT2D eigenvalue weighted by Gasteiger charge is -2.28. The van der Waals surface area contributed by atoms with E-state index < -0.39 is 0 Å². The van der Waals surface area contributed by atoms with Crippen molar-refractivity contribution in [3.8, 4) is 0 Å². The fourth-order valence-corrected chi connectivity index (χ4v) is 3.37. The standard InChI is InChI=1S/C18H23NO3/c1-2-13-5-6-15-14(10-17(21)22-16(15)9-13)11-19-18(12-20)7-3-4-8-18/h5-6,9-10,19-20H,2-4,7-8,11-12H2,1H3. The number of nitrogens with one attached hydrogen (secondary N) is 1. The summed E-state index contributed by atoms with van der Waals surface area (Å²) in [4.78, 5) is 11.8. The molecule has 4 heteroatoms. The molecule has 118 valence electrons. The minimum atomic E-state index is -0.318. The van der Waals surface area contributed by atoms with E-state index >= 15 is 0 Å². The van der Waals surface area contributed by atoms with E-state index in [1.807, 2.05) is 12.1 Å². The fraction of sp³-hybridized carbons (Fsp3) is 0.500. The summed E-state index contributed by atoms with van der Waals surface area (Å²) >= 11 is 0. The van der Waals surface area contributed by atoms with Gasteiger partial charge < -0.3 is 14.8 Å². The molecule has 0 saturated heterocycles. The highest BCUT2D eigenvalue weighted by Gasteiger charge is 2.32. The zero-order valence-corrected chi connectivity index (χ0v) is 13.0. The van der Waals surface area contributed by atoms with Gasteiger partial charge in [0.05, 0.1) is 6.61 Å². The molecule has 4 nitrogen and oxygen atoms in total. The molecule has 0 spiro atoms. The smallest absolute Gasteiger partial charge is 0.336 e. The van der Waals surface area contributed by atoms with Crippen LogP contribution in [0.5, 0.6) is 0 Å². The van der Waals surface area contributed by atoms with Crippen molar-refractivity contribution in [2.45, 2.75) is 51.1 Å². The summed E-state index contributed by atoms with van der Waals surface area (Å²) in [5, 5.41) is 14.1. The van der Waals surface area contributed by atoms with Crippen LogP contribution in [0, 0.1) is 0 Å². The Bertz CT molecular complexity index is 714. The number of fused-ring (bicyclic) bond motifs is 1. The number of rotatable bonds is 5. The van der Waals surface area contributed by atoms with Crippen molar-refractivity contribution < 1.29 is 9.52 Å². The zero-order chi connectivity index (χ0) is 15.6. The summed E-state index contributed by atoms with van der Waals surface area (Å²) in [6.45, 7) is 2.80. The Kier molecular flexibility index (Phi) is 4.32. The van der Waals surface area contributed by atoms with Gasteiger partial charge in [-0.2, -0.15) is 0 Å². The van der Waals surface area contributed by atoms with E-state index in [9.17, 15) is 9.90 Å². The van der Waals surface area contributed by atoms with Crippen LogP contribution in [0.1, 0.15) is 43.7 Å². The van der Waals surface area contributed by atoms with Crippen molar-refractivity contribution in [1.82, 2.24) is 5.32 Å². The maximum atomic E-state index is 11.8. The molecule has 0 aliphatic heterocycles. The van der Waals surface area contributed by atoms with Crippen LogP contribution < -0.4 is 10.9 Å². The van der Waals surface area contributed by atoms with Gasteiger partial charge in [-0.3, -0.25) is 0 Å². The number of hydrogen-bond donors (Lipinski definition) is 2. The molecule has 2 N–H and O–H groups in total. The predicted molar refractivity (Wildman–Crippen MR) is 87.0 cm³/mol. The molecule has 0 bridgehead atoms. The number of aryl methyl sites for hydroxylation is 1. The van der Waals surface area contributed by atoms with Crippen molar-refractivity contribution in [1.29, 1.82) is 0 Å². The van der Waals surface area contributed by atoms with Gasteiger partial charge in [0, 0.05) is 23.5 Å². The van der Waals surface area contributed by atoms with Gasteiger partial charge in [0.2, 0.25) is 0 Å². The van der Waals surface area contributed by atoms with E-state index in [4.69, 9.17) is 4.42 Å². The van der Waals surface area contributed by atoms with Gasteiger partial charge in [-0.1, -0.05) is 31.9 Å². The van der Waals surface area contributed by atoms with E-state index in [1.54, 1.807) is 6.07 Å². The number of hydrogen-bond acceptors (Lipinski definition) is 4. The first-order chi connectivity index (χ1) is 10.7. The van der Waals surface area contributed by atoms with E-state index in [0.717, 1.165) is 48.6 Å². The zero-order valence-electron chi connectivity index (χ0n) is 13.0. The summed E-state index contributed by atoms with van der Waals surface area (Å²) in [5.74, 6) is 0. The first-order valence-corrected chi connectivity index (χ1v) is 8.07. The Morgan fingerprint density at radius 3 is 2.73 bits per heavy atom. The minimum Gasteiger partial charge on any atom is -0.423 e. The maximum absolute atomic E-state index is 11.8. The average molecular weight is 301 g/mol. The highest BCUT2D eigenvalue weighted by molar-refractivity contribution is 5.80. The Balaban J connectivity index is 1.91. The number of benzene rings is 1. The van der Waals surface area contributed by atoms with Crippen LogP contribution in [0.15, 0.2) is 33.5 Å². The van der Waals surface area contributed by atoms with Crippen molar-refractivity contribution in [3.63, 3.8) is 0 Å². The van der Waals surface area contributed by atoms with Crippen LogP contribution in [0.25, 0.3) is 11.0 Å². The lowest BCUT2D eigenvalue weighted by atomic mass is 9.98. The molecule has 3 rings (SSSR count). The third kappa shape index (κ3) is 2.94. The highest BCUT2D eigenvalue weighted by Crippen LogP contribution is 2.30. The largest absolute Gasteiger partial charge is 0.423 e. The Labute approximate surface area is 130 Å². The molecule has 0 radical (unpaired) electrons. The molecule has 0 amide bonds. The second-order valence-corrected chi connectivity index (χ2v) is 6.27. The molecule has 0 unspecified atom stereocenters. The van der Waals surface area contributed by atoms with Crippen LogP contribution in [0.2, 0.25) is 0 Å². The highest BCUT2D eigenvalue weighted by atomic mass is 16.4. The summed E-state index contributed by atoms with van der Waals surface area (Å²) in [6.07, 6.45) is 5.18. The topological polar surface area (TPSA) is 62.5 Å². The summed E-state index contributed by atoms with van der Waals surface area (Å²) in [6, 6.07) is 7.59. The average Bonchev–Trinajstić information content (AvgIpc) is 3.01. The van der Waals surface area contributed by atoms with Crippen LogP contribution in [0.3, 0.4) is 0 Å². The van der Waals surface area contributed by atoms with Crippen LogP contribution in [-0.2, 0) is 13.0 Å². The Hall–Kier alpha value is -1.65. The fourth-order valence-electron chi connectivity index (χ4n) is 3.37. The molecule has 2 aromatic rings. The van der Waals surface area contributed by atoms with Gasteiger partial charge in [-0.05, 0) is 36.5 Å². The Morgan fingerprint density at radius 1 is 1.27 bits per heavy atom. The van der Waals surface area contributed by atoms with E-state index in [0.29, 0.717) is 12.1 Å². The summed E-state index contributed by atoms with van der Waals surface area (Å²) in [5.41, 5.74) is 2.23. The lowest BCUT2D eigenvalue weighted by Crippen LogP contribution is -2.45. The first-order valence-electron chi connectivity index (χ1n) is 8.07. The molecule has 1 aromatic carbocycles. The van der Waals surface area contributed by atoms with Gasteiger partial charge >= 0.3 is 5.63 Å². The quantitative estimate of drug-likeness (QED) is 0.834. The summed E-state index contributed by atoms with van der Waals surface area (Å²) < 4.78 is 5.34. The summed E-state index contributed by atoms with van der Waals surface area (Å²) in [7, 11) is 0. The maximum Gasteiger partial charge on any atom is 0.336 e. The predicted octanol–water partition coefficient (Wildman–Crippen LogP) is 2.75. The van der Waals surface area contributed by atoms with E-state index in [-0.39, 0.29) is 17.8 Å². The van der Waals surface area contributed by atoms with Crippen LogP contribution in [0.4, 0.5) is 0 Å². The normalized spacial score (nSPS) is 17.2. The van der Waals surface area contributed by atoms with Gasteiger partial charge in [0.25, 0.3) is 0 Å². The van der Waals surface area contributed by atoms with E-state index in [1.165, 1.54) is 0 Å². The van der Waals surface area contributed by atoms with Crippen LogP contribution >= 0.6 is 0 Å². The molecule has 1 aromatic heterocycles. The van der Waals surface area contributed by atoms with E-state index in [2.05, 4.69) is 18.3 Å². The molecular formula is C18H23NO3. The van der Waals surface area contributed by atoms with Crippen molar-refractivity contribution in [2.24, 2.45) is 0 Å². The molecular weight excluding hydrogens is 278 g/mol. The second kappa shape index (κ2) is 6.23. The third-order valence-corrected chi connectivity index (χ3v) is 4.82. The monoisotopic (exact) mass is 301 g/mol. The molecule has 1 aliphatic rings. The van der Waals surface area contributed by atoms with Gasteiger partial charge in [0.1, 0.15) is 5.58 Å². The molecule has 1 fully saturated rings. The van der Waals surface area contributed by atoms with Crippen molar-refractivity contribution >= 4 is 11.0 Å². The number of aliphatic hydroxyl groups excluding tert-OH is 1. The molecule has 0 atom stereocenters. The van der Waals surface area contributed by atoms with Gasteiger partial charge in [-0.25, -0.2) is 4.79 Å². The molecule has 1 saturated carbocycles. The third-order valence-electron chi connectivity index (χ3n) is 4.82. The van der Waals surface area contributed by atoms with Crippen molar-refractivity contribution in [3.05, 3.63) is 45.8 Å². The minimum absolute atomic E-state index is 0.145. The first kappa shape index (κ1) is 15.3. The lowest BCUT2D eigenvalue weighted by molar-refractivity contribution is 0.163.